The predicted octanol–water partition coefficient (Wildman–Crippen LogP) is 3.39. The van der Waals surface area contributed by atoms with Gasteiger partial charge in [0.1, 0.15) is 5.75 Å². The van der Waals surface area contributed by atoms with Crippen LogP contribution in [0.4, 0.5) is 0 Å². The van der Waals surface area contributed by atoms with E-state index in [0.717, 1.165) is 23.3 Å². The molecule has 0 saturated carbocycles. The van der Waals surface area contributed by atoms with Gasteiger partial charge in [-0.2, -0.15) is 0 Å². The van der Waals surface area contributed by atoms with E-state index in [-0.39, 0.29) is 6.10 Å². The van der Waals surface area contributed by atoms with E-state index in [9.17, 15) is 5.11 Å². The topological polar surface area (TPSA) is 29.5 Å². The molecule has 0 heterocycles. The lowest BCUT2D eigenvalue weighted by atomic mass is 10.1. The fourth-order valence-electron chi connectivity index (χ4n) is 1.59. The van der Waals surface area contributed by atoms with Gasteiger partial charge in [0.2, 0.25) is 0 Å². The minimum atomic E-state index is -0.508. The highest BCUT2D eigenvalue weighted by atomic mass is 16.5. The zero-order chi connectivity index (χ0) is 12.1. The number of hydrogen-bond acceptors (Lipinski definition) is 2. The maximum atomic E-state index is 9.64. The Morgan fingerprint density at radius 3 is 2.69 bits per heavy atom. The minimum Gasteiger partial charge on any atom is -0.490 e. The van der Waals surface area contributed by atoms with Crippen molar-refractivity contribution in [1.29, 1.82) is 0 Å². The molecule has 88 valence electrons. The van der Waals surface area contributed by atoms with Crippen molar-refractivity contribution in [3.8, 4) is 5.75 Å². The Morgan fingerprint density at radius 1 is 1.44 bits per heavy atom. The number of aryl methyl sites for hydroxylation is 1. The Morgan fingerprint density at radius 2 is 2.12 bits per heavy atom. The molecule has 2 atom stereocenters. The van der Waals surface area contributed by atoms with E-state index < -0.39 is 6.10 Å². The summed E-state index contributed by atoms with van der Waals surface area (Å²) >= 11 is 0. The largest absolute Gasteiger partial charge is 0.490 e. The van der Waals surface area contributed by atoms with Gasteiger partial charge in [0.15, 0.2) is 0 Å². The van der Waals surface area contributed by atoms with Gasteiger partial charge in [0, 0.05) is 12.0 Å². The van der Waals surface area contributed by atoms with Gasteiger partial charge in [0.05, 0.1) is 12.2 Å². The predicted molar refractivity (Wildman–Crippen MR) is 66.7 cm³/mol. The molecule has 0 aliphatic rings. The van der Waals surface area contributed by atoms with E-state index in [0.29, 0.717) is 0 Å². The second-order valence-corrected chi connectivity index (χ2v) is 4.17. The monoisotopic (exact) mass is 220 g/mol. The molecule has 2 heteroatoms. The number of benzene rings is 1. The first-order valence-corrected chi connectivity index (χ1v) is 5.60. The van der Waals surface area contributed by atoms with Crippen LogP contribution in [0.2, 0.25) is 0 Å². The van der Waals surface area contributed by atoms with Crippen molar-refractivity contribution in [3.63, 3.8) is 0 Å². The van der Waals surface area contributed by atoms with Crippen molar-refractivity contribution in [2.24, 2.45) is 0 Å². The highest BCUT2D eigenvalue weighted by Gasteiger charge is 2.11. The van der Waals surface area contributed by atoms with E-state index in [1.165, 1.54) is 0 Å². The second-order valence-electron chi connectivity index (χ2n) is 4.17. The molecule has 0 fully saturated rings. The zero-order valence-corrected chi connectivity index (χ0v) is 10.2. The molecular weight excluding hydrogens is 200 g/mol. The van der Waals surface area contributed by atoms with Gasteiger partial charge in [-0.1, -0.05) is 18.2 Å². The van der Waals surface area contributed by atoms with Crippen LogP contribution in [0.15, 0.2) is 30.9 Å². The molecule has 1 aromatic carbocycles. The van der Waals surface area contributed by atoms with Gasteiger partial charge >= 0.3 is 0 Å². The molecule has 0 aliphatic heterocycles. The number of ether oxygens (including phenoxy) is 1. The Bertz CT molecular complexity index is 356. The third kappa shape index (κ3) is 3.38. The molecule has 0 saturated heterocycles. The molecule has 0 bridgehead atoms. The summed E-state index contributed by atoms with van der Waals surface area (Å²) in [5.74, 6) is 0.768. The van der Waals surface area contributed by atoms with E-state index in [1.807, 2.05) is 38.1 Å². The van der Waals surface area contributed by atoms with Crippen LogP contribution in [0.25, 0.3) is 0 Å². The first kappa shape index (κ1) is 12.8. The molecule has 0 spiro atoms. The average Bonchev–Trinajstić information content (AvgIpc) is 2.17. The summed E-state index contributed by atoms with van der Waals surface area (Å²) in [6, 6.07) is 5.85. The van der Waals surface area contributed by atoms with E-state index >= 15 is 0 Å². The Balaban J connectivity index is 2.91. The normalized spacial score (nSPS) is 14.2. The summed E-state index contributed by atoms with van der Waals surface area (Å²) in [6.07, 6.45) is 2.21. The SMILES string of the molecule is C=CCC(C)Oc1cc(C)ccc1C(C)O. The summed E-state index contributed by atoms with van der Waals surface area (Å²) in [4.78, 5) is 0. The van der Waals surface area contributed by atoms with Gasteiger partial charge < -0.3 is 9.84 Å². The molecule has 0 aliphatic carbocycles. The lowest BCUT2D eigenvalue weighted by Crippen LogP contribution is -2.12. The van der Waals surface area contributed by atoms with Crippen molar-refractivity contribution < 1.29 is 9.84 Å². The van der Waals surface area contributed by atoms with E-state index in [1.54, 1.807) is 6.92 Å². The van der Waals surface area contributed by atoms with Crippen LogP contribution in [0.1, 0.15) is 37.5 Å². The van der Waals surface area contributed by atoms with Crippen molar-refractivity contribution in [2.45, 2.75) is 39.4 Å². The molecule has 0 radical (unpaired) electrons. The highest BCUT2D eigenvalue weighted by molar-refractivity contribution is 5.38. The average molecular weight is 220 g/mol. The maximum Gasteiger partial charge on any atom is 0.125 e. The standard InChI is InChI=1S/C14H20O2/c1-5-6-11(3)16-14-9-10(2)7-8-13(14)12(4)15/h5,7-9,11-12,15H,1,6H2,2-4H3. The van der Waals surface area contributed by atoms with Gasteiger partial charge in [0.25, 0.3) is 0 Å². The number of hydrogen-bond donors (Lipinski definition) is 1. The van der Waals surface area contributed by atoms with Crippen LogP contribution >= 0.6 is 0 Å². The molecule has 2 nitrogen and oxygen atoms in total. The molecular formula is C14H20O2. The molecule has 1 N–H and O–H groups in total. The first-order chi connectivity index (χ1) is 7.54. The molecule has 0 aromatic heterocycles. The third-order valence-corrected chi connectivity index (χ3v) is 2.45. The van der Waals surface area contributed by atoms with Crippen molar-refractivity contribution in [2.75, 3.05) is 0 Å². The summed E-state index contributed by atoms with van der Waals surface area (Å²) in [5.41, 5.74) is 1.96. The lowest BCUT2D eigenvalue weighted by molar-refractivity contribution is 0.179. The van der Waals surface area contributed by atoms with E-state index in [4.69, 9.17) is 4.74 Å². The van der Waals surface area contributed by atoms with Crippen LogP contribution in [0.3, 0.4) is 0 Å². The second kappa shape index (κ2) is 5.71. The smallest absolute Gasteiger partial charge is 0.125 e. The summed E-state index contributed by atoms with van der Waals surface area (Å²) in [5, 5.41) is 9.64. The van der Waals surface area contributed by atoms with Gasteiger partial charge in [-0.3, -0.25) is 0 Å². The highest BCUT2D eigenvalue weighted by Crippen LogP contribution is 2.27. The zero-order valence-electron chi connectivity index (χ0n) is 10.2. The van der Waals surface area contributed by atoms with Crippen LogP contribution in [0, 0.1) is 6.92 Å². The van der Waals surface area contributed by atoms with Gasteiger partial charge in [-0.25, -0.2) is 0 Å². The molecule has 2 unspecified atom stereocenters. The van der Waals surface area contributed by atoms with Crippen LogP contribution in [-0.2, 0) is 0 Å². The Labute approximate surface area is 97.6 Å². The first-order valence-electron chi connectivity index (χ1n) is 5.60. The minimum absolute atomic E-state index is 0.0804. The lowest BCUT2D eigenvalue weighted by Gasteiger charge is -2.18. The van der Waals surface area contributed by atoms with Crippen molar-refractivity contribution in [1.82, 2.24) is 0 Å². The van der Waals surface area contributed by atoms with Crippen LogP contribution in [-0.4, -0.2) is 11.2 Å². The quantitative estimate of drug-likeness (QED) is 0.771. The molecule has 1 aromatic rings. The number of aliphatic hydroxyl groups is 1. The summed E-state index contributed by atoms with van der Waals surface area (Å²) < 4.78 is 5.80. The Hall–Kier alpha value is -1.28. The van der Waals surface area contributed by atoms with Crippen LogP contribution in [0.5, 0.6) is 5.75 Å². The molecule has 1 rings (SSSR count). The fourth-order valence-corrected chi connectivity index (χ4v) is 1.59. The van der Waals surface area contributed by atoms with E-state index in [2.05, 4.69) is 6.58 Å². The number of aliphatic hydroxyl groups excluding tert-OH is 1. The molecule has 0 amide bonds. The van der Waals surface area contributed by atoms with Gasteiger partial charge in [-0.15, -0.1) is 6.58 Å². The van der Waals surface area contributed by atoms with Crippen molar-refractivity contribution in [3.05, 3.63) is 42.0 Å². The Kier molecular flexibility index (Phi) is 4.56. The maximum absolute atomic E-state index is 9.64. The fraction of sp³-hybridized carbons (Fsp3) is 0.429. The van der Waals surface area contributed by atoms with Gasteiger partial charge in [-0.05, 0) is 32.4 Å². The number of rotatable bonds is 5. The molecule has 16 heavy (non-hydrogen) atoms. The summed E-state index contributed by atoms with van der Waals surface area (Å²) in [7, 11) is 0. The summed E-state index contributed by atoms with van der Waals surface area (Å²) in [6.45, 7) is 9.44. The van der Waals surface area contributed by atoms with Crippen molar-refractivity contribution >= 4 is 0 Å². The third-order valence-electron chi connectivity index (χ3n) is 2.45. The van der Waals surface area contributed by atoms with Crippen LogP contribution < -0.4 is 4.74 Å².